The van der Waals surface area contributed by atoms with Crippen LogP contribution in [0.1, 0.15) is 7.43 Å². The minimum absolute atomic E-state index is 0. The summed E-state index contributed by atoms with van der Waals surface area (Å²) in [4.78, 5) is 3.38. The Morgan fingerprint density at radius 2 is 1.71 bits per heavy atom. The molecule has 0 fully saturated rings. The Bertz CT molecular complexity index is 216. The first-order valence-corrected chi connectivity index (χ1v) is 4.17. The number of hydrogen-bond donors (Lipinski definition) is 0. The zero-order valence-electron chi connectivity index (χ0n) is 8.91. The molecule has 80 valence electrons. The van der Waals surface area contributed by atoms with Crippen LogP contribution in [0.15, 0.2) is 0 Å². The van der Waals surface area contributed by atoms with Gasteiger partial charge >= 0.3 is 6.67 Å². The lowest BCUT2D eigenvalue weighted by molar-refractivity contribution is -1.06. The van der Waals surface area contributed by atoms with Crippen LogP contribution in [0.3, 0.4) is 0 Å². The van der Waals surface area contributed by atoms with Crippen molar-refractivity contribution < 1.29 is 8.97 Å². The summed E-state index contributed by atoms with van der Waals surface area (Å²) in [5.74, 6) is 0. The molecule has 4 heteroatoms. The molecule has 0 unspecified atom stereocenters. The Kier molecular flexibility index (Phi) is 6.14. The molecular weight excluding hydrogens is 176 g/mol. The molecule has 0 aromatic heterocycles. The number of quaternary nitrogens is 2. The topological polar surface area (TPSA) is 28.1 Å². The summed E-state index contributed by atoms with van der Waals surface area (Å²) in [6.45, 7) is 8.56. The van der Waals surface area contributed by atoms with Gasteiger partial charge < -0.3 is 0 Å². The minimum atomic E-state index is 0. The molecule has 0 atom stereocenters. The van der Waals surface area contributed by atoms with Crippen molar-refractivity contribution in [3.05, 3.63) is 11.4 Å². The van der Waals surface area contributed by atoms with Gasteiger partial charge in [0, 0.05) is 0 Å². The van der Waals surface area contributed by atoms with Gasteiger partial charge in [-0.05, 0) is 0 Å². The predicted molar refractivity (Wildman–Crippen MR) is 57.8 cm³/mol. The number of rotatable bonds is 4. The molecule has 0 radical (unpaired) electrons. The van der Waals surface area contributed by atoms with Crippen molar-refractivity contribution in [1.29, 1.82) is 5.26 Å². The van der Waals surface area contributed by atoms with Crippen LogP contribution in [0.4, 0.5) is 0 Å². The second-order valence-corrected chi connectivity index (χ2v) is 4.63. The Labute approximate surface area is 88.0 Å². The standard InChI is InChI=1S/C9H18N4.CH4/c1-11-8-13(4,5)9-12(2,3)7-6-10;/h7-9H2,2-5H3;1H4/q+2;. The molecule has 0 spiro atoms. The number of nitriles is 1. The van der Waals surface area contributed by atoms with Crippen LogP contribution in [-0.2, 0) is 0 Å². The lowest BCUT2D eigenvalue weighted by Crippen LogP contribution is -2.55. The predicted octanol–water partition coefficient (Wildman–Crippen LogP) is 1.13. The molecule has 0 aromatic rings. The molecule has 14 heavy (non-hydrogen) atoms. The highest BCUT2D eigenvalue weighted by atomic mass is 15.5. The summed E-state index contributed by atoms with van der Waals surface area (Å²) in [5.41, 5.74) is 0. The van der Waals surface area contributed by atoms with Crippen molar-refractivity contribution in [3.8, 4) is 6.07 Å². The van der Waals surface area contributed by atoms with Crippen molar-refractivity contribution in [2.45, 2.75) is 7.43 Å². The molecule has 0 amide bonds. The van der Waals surface area contributed by atoms with Gasteiger partial charge in [0.05, 0.1) is 28.2 Å². The van der Waals surface area contributed by atoms with Crippen LogP contribution in [0, 0.1) is 17.9 Å². The molecule has 0 heterocycles. The van der Waals surface area contributed by atoms with Crippen LogP contribution in [0.25, 0.3) is 4.85 Å². The quantitative estimate of drug-likeness (QED) is 0.288. The minimum Gasteiger partial charge on any atom is -0.270 e. The van der Waals surface area contributed by atoms with Gasteiger partial charge in [-0.3, -0.25) is 9.33 Å². The fraction of sp³-hybridized carbons (Fsp3) is 0.800. The Balaban J connectivity index is 0. The van der Waals surface area contributed by atoms with E-state index >= 15 is 0 Å². The second kappa shape index (κ2) is 5.59. The molecule has 0 aromatic carbocycles. The fourth-order valence-corrected chi connectivity index (χ4v) is 1.51. The number of hydrogen-bond acceptors (Lipinski definition) is 1. The molecule has 0 saturated carbocycles. The first kappa shape index (κ1) is 15.4. The van der Waals surface area contributed by atoms with Gasteiger partial charge in [-0.25, -0.2) is 11.1 Å². The van der Waals surface area contributed by atoms with Crippen molar-refractivity contribution in [1.82, 2.24) is 0 Å². The van der Waals surface area contributed by atoms with E-state index in [1.165, 1.54) is 0 Å². The van der Waals surface area contributed by atoms with E-state index in [1.807, 2.05) is 28.2 Å². The molecule has 0 bridgehead atoms. The van der Waals surface area contributed by atoms with E-state index in [1.54, 1.807) is 0 Å². The van der Waals surface area contributed by atoms with E-state index in [4.69, 9.17) is 11.8 Å². The monoisotopic (exact) mass is 198 g/mol. The Hall–Kier alpha value is -1.10. The van der Waals surface area contributed by atoms with Gasteiger partial charge in [-0.15, -0.1) is 0 Å². The van der Waals surface area contributed by atoms with Crippen LogP contribution >= 0.6 is 0 Å². The van der Waals surface area contributed by atoms with Gasteiger partial charge in [0.1, 0.15) is 6.07 Å². The van der Waals surface area contributed by atoms with Crippen LogP contribution < -0.4 is 0 Å². The smallest absolute Gasteiger partial charge is 0.270 e. The zero-order valence-corrected chi connectivity index (χ0v) is 8.91. The summed E-state index contributed by atoms with van der Waals surface area (Å²) in [5, 5.41) is 8.60. The summed E-state index contributed by atoms with van der Waals surface area (Å²) in [6, 6.07) is 2.16. The van der Waals surface area contributed by atoms with Crippen LogP contribution in [0.5, 0.6) is 0 Å². The van der Waals surface area contributed by atoms with E-state index in [0.29, 0.717) is 22.2 Å². The Morgan fingerprint density at radius 1 is 1.21 bits per heavy atom. The average Bonchev–Trinajstić information content (AvgIpc) is 1.82. The summed E-state index contributed by atoms with van der Waals surface area (Å²) >= 11 is 0. The van der Waals surface area contributed by atoms with Crippen molar-refractivity contribution in [2.75, 3.05) is 48.1 Å². The first-order valence-electron chi connectivity index (χ1n) is 4.17. The van der Waals surface area contributed by atoms with Gasteiger partial charge in [-0.1, -0.05) is 7.43 Å². The maximum absolute atomic E-state index is 8.60. The Morgan fingerprint density at radius 3 is 2.07 bits per heavy atom. The molecule has 0 rings (SSSR count). The SMILES string of the molecule is C.[C-]#[N+]C[N+](C)(C)C[N+](C)(C)CC#N. The van der Waals surface area contributed by atoms with E-state index in [0.717, 1.165) is 6.67 Å². The highest BCUT2D eigenvalue weighted by Gasteiger charge is 2.28. The highest BCUT2D eigenvalue weighted by Crippen LogP contribution is 2.05. The van der Waals surface area contributed by atoms with Gasteiger partial charge in [0.15, 0.2) is 6.54 Å². The van der Waals surface area contributed by atoms with E-state index < -0.39 is 0 Å². The maximum Gasteiger partial charge on any atom is 0.343 e. The number of nitrogens with zero attached hydrogens (tertiary/aromatic N) is 4. The second-order valence-electron chi connectivity index (χ2n) is 4.63. The summed E-state index contributed by atoms with van der Waals surface area (Å²) < 4.78 is 1.27. The molecule has 0 N–H and O–H groups in total. The van der Waals surface area contributed by atoms with E-state index in [9.17, 15) is 0 Å². The fourth-order valence-electron chi connectivity index (χ4n) is 1.51. The molecule has 0 aliphatic heterocycles. The van der Waals surface area contributed by atoms with Crippen molar-refractivity contribution in [2.24, 2.45) is 0 Å². The summed E-state index contributed by atoms with van der Waals surface area (Å²) in [6.07, 6.45) is 0. The largest absolute Gasteiger partial charge is 0.343 e. The first-order chi connectivity index (χ1) is 5.83. The normalized spacial score (nSPS) is 11.0. The lowest BCUT2D eigenvalue weighted by Gasteiger charge is -2.33. The van der Waals surface area contributed by atoms with E-state index in [-0.39, 0.29) is 7.43 Å². The zero-order chi connectivity index (χ0) is 10.5. The van der Waals surface area contributed by atoms with Crippen LogP contribution in [-0.4, -0.2) is 57.0 Å². The van der Waals surface area contributed by atoms with Gasteiger partial charge in [-0.2, -0.15) is 5.26 Å². The molecule has 0 aliphatic carbocycles. The maximum atomic E-state index is 8.60. The van der Waals surface area contributed by atoms with Crippen molar-refractivity contribution in [3.63, 3.8) is 0 Å². The van der Waals surface area contributed by atoms with E-state index in [2.05, 4.69) is 10.9 Å². The molecule has 0 saturated heterocycles. The van der Waals surface area contributed by atoms with Gasteiger partial charge in [0.2, 0.25) is 6.67 Å². The third-order valence-corrected chi connectivity index (χ3v) is 1.72. The van der Waals surface area contributed by atoms with Gasteiger partial charge in [0.25, 0.3) is 0 Å². The average molecular weight is 198 g/mol. The summed E-state index contributed by atoms with van der Waals surface area (Å²) in [7, 11) is 8.03. The van der Waals surface area contributed by atoms with Crippen LogP contribution in [0.2, 0.25) is 0 Å². The van der Waals surface area contributed by atoms with Crippen molar-refractivity contribution >= 4 is 0 Å². The third-order valence-electron chi connectivity index (χ3n) is 1.72. The molecule has 4 nitrogen and oxygen atoms in total. The molecule has 0 aliphatic rings. The third kappa shape index (κ3) is 6.42. The lowest BCUT2D eigenvalue weighted by atomic mass is 10.5. The highest BCUT2D eigenvalue weighted by molar-refractivity contribution is 4.66. The molecular formula is C10H22N4+2.